The molecule has 0 fully saturated rings. The Hall–Kier alpha value is -2.58. The molecular formula is C16H13N3O3S2. The average molecular weight is 359 g/mol. The Morgan fingerprint density at radius 1 is 1.17 bits per heavy atom. The van der Waals surface area contributed by atoms with Gasteiger partial charge in [0.2, 0.25) is 0 Å². The molecule has 8 heteroatoms. The molecule has 2 aromatic carbocycles. The van der Waals surface area contributed by atoms with Crippen LogP contribution in [0.3, 0.4) is 0 Å². The van der Waals surface area contributed by atoms with Crippen LogP contribution in [0.4, 0.5) is 0 Å². The third kappa shape index (κ3) is 2.81. The lowest BCUT2D eigenvalue weighted by molar-refractivity contribution is 0.0873. The molecule has 0 bridgehead atoms. The second-order valence-electron chi connectivity index (χ2n) is 4.87. The largest absolute Gasteiger partial charge is 0.269 e. The fourth-order valence-electron chi connectivity index (χ4n) is 2.23. The first-order valence-electron chi connectivity index (χ1n) is 7.00. The summed E-state index contributed by atoms with van der Waals surface area (Å²) in [6.45, 7) is 3.43. The van der Waals surface area contributed by atoms with E-state index in [9.17, 15) is 13.2 Å². The molecule has 0 atom stereocenters. The van der Waals surface area contributed by atoms with E-state index in [0.717, 1.165) is 15.8 Å². The van der Waals surface area contributed by atoms with Crippen LogP contribution in [0.15, 0.2) is 66.1 Å². The van der Waals surface area contributed by atoms with Crippen LogP contribution in [0, 0.1) is 0 Å². The Bertz CT molecular complexity index is 998. The smallest absolute Gasteiger partial charge is 0.268 e. The molecule has 0 unspecified atom stereocenters. The topological polar surface area (TPSA) is 80.2 Å². The molecule has 3 aromatic rings. The summed E-state index contributed by atoms with van der Waals surface area (Å²) in [7, 11) is -3.99. The molecule has 1 aromatic heterocycles. The highest BCUT2D eigenvalue weighted by Crippen LogP contribution is 2.24. The van der Waals surface area contributed by atoms with Crippen LogP contribution in [-0.2, 0) is 10.0 Å². The van der Waals surface area contributed by atoms with Crippen molar-refractivity contribution in [3.8, 4) is 0 Å². The third-order valence-corrected chi connectivity index (χ3v) is 5.90. The second-order valence-corrected chi connectivity index (χ2v) is 7.49. The predicted molar refractivity (Wildman–Crippen MR) is 92.3 cm³/mol. The lowest BCUT2D eigenvalue weighted by atomic mass is 10.2. The summed E-state index contributed by atoms with van der Waals surface area (Å²) in [5, 5.41) is 3.92. The Labute approximate surface area is 143 Å². The number of hydrogen-bond donors (Lipinski definition) is 0. The van der Waals surface area contributed by atoms with E-state index in [1.54, 1.807) is 36.4 Å². The van der Waals surface area contributed by atoms with Gasteiger partial charge in [0.25, 0.3) is 15.9 Å². The Balaban J connectivity index is 2.10. The molecule has 0 spiro atoms. The van der Waals surface area contributed by atoms with Crippen LogP contribution in [-0.4, -0.2) is 34.8 Å². The molecule has 1 heterocycles. The van der Waals surface area contributed by atoms with Gasteiger partial charge in [0, 0.05) is 0 Å². The van der Waals surface area contributed by atoms with Crippen LogP contribution in [0.5, 0.6) is 0 Å². The van der Waals surface area contributed by atoms with Gasteiger partial charge in [-0.25, -0.2) is 12.7 Å². The number of rotatable bonds is 5. The number of sulfonamides is 1. The number of benzene rings is 2. The number of carbonyl (C=O) groups excluding carboxylic acids is 1. The molecule has 0 aliphatic heterocycles. The number of hydrogen-bond acceptors (Lipinski definition) is 6. The summed E-state index contributed by atoms with van der Waals surface area (Å²) < 4.78 is 30.9. The van der Waals surface area contributed by atoms with E-state index >= 15 is 0 Å². The number of fused-ring (bicyclic) bond motifs is 1. The Morgan fingerprint density at radius 2 is 1.92 bits per heavy atom. The molecule has 1 amide bonds. The van der Waals surface area contributed by atoms with Crippen molar-refractivity contribution < 1.29 is 13.2 Å². The third-order valence-electron chi connectivity index (χ3n) is 3.36. The Kier molecular flexibility index (Phi) is 4.41. The molecule has 0 aliphatic carbocycles. The first-order valence-corrected chi connectivity index (χ1v) is 9.21. The van der Waals surface area contributed by atoms with Gasteiger partial charge in [-0.05, 0) is 35.8 Å². The molecule has 6 nitrogen and oxygen atoms in total. The molecule has 122 valence electrons. The molecule has 0 radical (unpaired) electrons. The molecule has 3 rings (SSSR count). The SMILES string of the molecule is C=CCN(C(=O)c1cccc2nnsc12)S(=O)(=O)c1ccccc1. The lowest BCUT2D eigenvalue weighted by Crippen LogP contribution is -2.37. The maximum atomic E-state index is 12.9. The van der Waals surface area contributed by atoms with Crippen molar-refractivity contribution in [2.75, 3.05) is 6.54 Å². The monoisotopic (exact) mass is 359 g/mol. The molecule has 0 aliphatic rings. The number of nitrogens with zero attached hydrogens (tertiary/aromatic N) is 3. The normalized spacial score (nSPS) is 11.3. The van der Waals surface area contributed by atoms with Crippen molar-refractivity contribution in [3.05, 3.63) is 66.7 Å². The molecule has 24 heavy (non-hydrogen) atoms. The van der Waals surface area contributed by atoms with Crippen molar-refractivity contribution in [1.82, 2.24) is 13.9 Å². The maximum Gasteiger partial charge on any atom is 0.269 e. The van der Waals surface area contributed by atoms with E-state index in [1.807, 2.05) is 0 Å². The molecule has 0 saturated heterocycles. The summed E-state index contributed by atoms with van der Waals surface area (Å²) in [4.78, 5) is 13.0. The second kappa shape index (κ2) is 6.50. The van der Waals surface area contributed by atoms with Gasteiger partial charge in [0.05, 0.1) is 21.7 Å². The minimum Gasteiger partial charge on any atom is -0.268 e. The van der Waals surface area contributed by atoms with Crippen LogP contribution < -0.4 is 0 Å². The van der Waals surface area contributed by atoms with Gasteiger partial charge in [-0.1, -0.05) is 34.8 Å². The van der Waals surface area contributed by atoms with E-state index in [2.05, 4.69) is 16.2 Å². The highest BCUT2D eigenvalue weighted by Gasteiger charge is 2.30. The van der Waals surface area contributed by atoms with E-state index in [0.29, 0.717) is 10.2 Å². The summed E-state index contributed by atoms with van der Waals surface area (Å²) in [5.41, 5.74) is 0.811. The lowest BCUT2D eigenvalue weighted by Gasteiger charge is -2.21. The standard InChI is InChI=1S/C16H13N3O3S2/c1-2-11-19(24(21,22)12-7-4-3-5-8-12)16(20)13-9-6-10-14-15(13)23-18-17-14/h2-10H,1,11H2. The molecule has 0 saturated carbocycles. The number of aromatic nitrogens is 2. The summed E-state index contributed by atoms with van der Waals surface area (Å²) >= 11 is 1.05. The number of carbonyl (C=O) groups is 1. The van der Waals surface area contributed by atoms with Crippen molar-refractivity contribution in [2.24, 2.45) is 0 Å². The van der Waals surface area contributed by atoms with Crippen LogP contribution in [0.1, 0.15) is 10.4 Å². The van der Waals surface area contributed by atoms with E-state index < -0.39 is 15.9 Å². The summed E-state index contributed by atoms with van der Waals surface area (Å²) in [6, 6.07) is 12.8. The van der Waals surface area contributed by atoms with Crippen LogP contribution >= 0.6 is 11.5 Å². The quantitative estimate of drug-likeness (QED) is 0.654. The first kappa shape index (κ1) is 16.3. The van der Waals surface area contributed by atoms with E-state index in [1.165, 1.54) is 18.2 Å². The first-order chi connectivity index (χ1) is 11.6. The summed E-state index contributed by atoms with van der Waals surface area (Å²) in [6.07, 6.45) is 1.38. The van der Waals surface area contributed by atoms with E-state index in [-0.39, 0.29) is 17.0 Å². The van der Waals surface area contributed by atoms with Gasteiger partial charge in [-0.2, -0.15) is 0 Å². The highest BCUT2D eigenvalue weighted by molar-refractivity contribution is 7.89. The van der Waals surface area contributed by atoms with Gasteiger partial charge >= 0.3 is 0 Å². The molecular weight excluding hydrogens is 346 g/mol. The minimum absolute atomic E-state index is 0.0507. The van der Waals surface area contributed by atoms with Gasteiger partial charge in [0.15, 0.2) is 0 Å². The van der Waals surface area contributed by atoms with Crippen molar-refractivity contribution in [1.29, 1.82) is 0 Å². The zero-order chi connectivity index (χ0) is 17.2. The Morgan fingerprint density at radius 3 is 2.62 bits per heavy atom. The van der Waals surface area contributed by atoms with E-state index in [4.69, 9.17) is 0 Å². The number of amides is 1. The maximum absolute atomic E-state index is 12.9. The fourth-order valence-corrected chi connectivity index (χ4v) is 4.28. The van der Waals surface area contributed by atoms with Crippen LogP contribution in [0.25, 0.3) is 10.2 Å². The predicted octanol–water partition coefficient (Wildman–Crippen LogP) is 2.71. The van der Waals surface area contributed by atoms with Crippen molar-refractivity contribution in [3.63, 3.8) is 0 Å². The minimum atomic E-state index is -3.99. The van der Waals surface area contributed by atoms with Gasteiger partial charge in [0.1, 0.15) is 5.52 Å². The fraction of sp³-hybridized carbons (Fsp3) is 0.0625. The zero-order valence-corrected chi connectivity index (χ0v) is 14.1. The van der Waals surface area contributed by atoms with Gasteiger partial charge in [-0.15, -0.1) is 11.7 Å². The summed E-state index contributed by atoms with van der Waals surface area (Å²) in [5.74, 6) is -0.629. The van der Waals surface area contributed by atoms with Gasteiger partial charge < -0.3 is 0 Å². The zero-order valence-electron chi connectivity index (χ0n) is 12.5. The van der Waals surface area contributed by atoms with Gasteiger partial charge in [-0.3, -0.25) is 4.79 Å². The molecule has 0 N–H and O–H groups in total. The van der Waals surface area contributed by atoms with Crippen LogP contribution in [0.2, 0.25) is 0 Å². The van der Waals surface area contributed by atoms with Crippen molar-refractivity contribution in [2.45, 2.75) is 4.90 Å². The average Bonchev–Trinajstić information content (AvgIpc) is 3.08. The van der Waals surface area contributed by atoms with Crippen molar-refractivity contribution >= 4 is 37.7 Å². The highest BCUT2D eigenvalue weighted by atomic mass is 32.2.